The van der Waals surface area contributed by atoms with Gasteiger partial charge in [0, 0.05) is 13.0 Å². The average molecular weight is 385 g/mol. The van der Waals surface area contributed by atoms with Gasteiger partial charge in [-0.15, -0.1) is 11.3 Å². The van der Waals surface area contributed by atoms with Crippen LogP contribution in [0.3, 0.4) is 0 Å². The molecule has 1 amide bonds. The van der Waals surface area contributed by atoms with E-state index in [-0.39, 0.29) is 11.2 Å². The summed E-state index contributed by atoms with van der Waals surface area (Å²) in [5.74, 6) is -0.111. The average Bonchev–Trinajstić information content (AvgIpc) is 2.80. The first kappa shape index (κ1) is 17.9. The molecule has 27 heavy (non-hydrogen) atoms. The number of aromatic nitrogens is 2. The molecule has 0 radical (unpaired) electrons. The van der Waals surface area contributed by atoms with E-state index in [9.17, 15) is 14.0 Å². The molecule has 140 valence electrons. The molecule has 3 heterocycles. The minimum Gasteiger partial charge on any atom is -0.319 e. The van der Waals surface area contributed by atoms with E-state index >= 15 is 0 Å². The van der Waals surface area contributed by atoms with E-state index in [0.717, 1.165) is 37.1 Å². The molecule has 1 aliphatic rings. The molecule has 0 saturated carbocycles. The van der Waals surface area contributed by atoms with Crippen molar-refractivity contribution in [2.45, 2.75) is 46.1 Å². The maximum atomic E-state index is 14.0. The number of carbonyl (C=O) groups excluding carboxylic acids is 1. The highest BCUT2D eigenvalue weighted by Gasteiger charge is 2.22. The number of hydrogen-bond donors (Lipinski definition) is 1. The highest BCUT2D eigenvalue weighted by atomic mass is 32.1. The number of rotatable bonds is 2. The predicted molar refractivity (Wildman–Crippen MR) is 105 cm³/mol. The van der Waals surface area contributed by atoms with Crippen LogP contribution in [0.1, 0.15) is 45.9 Å². The van der Waals surface area contributed by atoms with Crippen LogP contribution in [-0.4, -0.2) is 15.5 Å². The normalized spacial score (nSPS) is 14.0. The molecule has 0 fully saturated rings. The lowest BCUT2D eigenvalue weighted by Crippen LogP contribution is -2.24. The number of thiophene rings is 1. The van der Waals surface area contributed by atoms with Crippen molar-refractivity contribution in [3.05, 3.63) is 56.2 Å². The monoisotopic (exact) mass is 385 g/mol. The molecule has 7 heteroatoms. The van der Waals surface area contributed by atoms with E-state index in [2.05, 4.69) is 10.3 Å². The van der Waals surface area contributed by atoms with Crippen LogP contribution < -0.4 is 10.9 Å². The van der Waals surface area contributed by atoms with Crippen LogP contribution >= 0.6 is 11.3 Å². The van der Waals surface area contributed by atoms with Crippen molar-refractivity contribution in [2.75, 3.05) is 5.32 Å². The maximum Gasteiger partial charge on any atom is 0.266 e. The van der Waals surface area contributed by atoms with Crippen molar-refractivity contribution in [1.82, 2.24) is 9.55 Å². The molecule has 0 spiro atoms. The Morgan fingerprint density at radius 2 is 2.07 bits per heavy atom. The lowest BCUT2D eigenvalue weighted by atomic mass is 10.2. The Bertz CT molecular complexity index is 1120. The summed E-state index contributed by atoms with van der Waals surface area (Å²) in [5, 5.41) is 3.13. The molecule has 0 unspecified atom stereocenters. The van der Waals surface area contributed by atoms with Crippen LogP contribution in [0.15, 0.2) is 23.0 Å². The first-order valence-corrected chi connectivity index (χ1v) is 9.87. The van der Waals surface area contributed by atoms with Gasteiger partial charge in [-0.3, -0.25) is 14.2 Å². The molecule has 0 atom stereocenters. The topological polar surface area (TPSA) is 64.0 Å². The van der Waals surface area contributed by atoms with E-state index in [0.29, 0.717) is 27.2 Å². The number of amides is 1. The number of fused-ring (bicyclic) bond motifs is 2. The van der Waals surface area contributed by atoms with Gasteiger partial charge in [0.1, 0.15) is 16.5 Å². The number of hydrogen-bond acceptors (Lipinski definition) is 4. The summed E-state index contributed by atoms with van der Waals surface area (Å²) in [6, 6.07) is 4.56. The first-order valence-electron chi connectivity index (χ1n) is 9.06. The minimum atomic E-state index is -0.488. The van der Waals surface area contributed by atoms with Crippen molar-refractivity contribution in [3.63, 3.8) is 0 Å². The molecule has 3 aromatic rings. The predicted octanol–water partition coefficient (Wildman–Crippen LogP) is 4.19. The summed E-state index contributed by atoms with van der Waals surface area (Å²) in [6.45, 7) is 4.26. The maximum absolute atomic E-state index is 14.0. The van der Waals surface area contributed by atoms with Gasteiger partial charge < -0.3 is 5.32 Å². The van der Waals surface area contributed by atoms with E-state index < -0.39 is 11.7 Å². The Labute approximate surface area is 159 Å². The van der Waals surface area contributed by atoms with Crippen LogP contribution in [0.25, 0.3) is 10.2 Å². The van der Waals surface area contributed by atoms with Gasteiger partial charge in [-0.2, -0.15) is 0 Å². The highest BCUT2D eigenvalue weighted by molar-refractivity contribution is 7.20. The summed E-state index contributed by atoms with van der Waals surface area (Å²) in [5.41, 5.74) is 1.52. The van der Waals surface area contributed by atoms with Gasteiger partial charge >= 0.3 is 0 Å². The Morgan fingerprint density at radius 3 is 2.89 bits per heavy atom. The fourth-order valence-electron chi connectivity index (χ4n) is 3.54. The van der Waals surface area contributed by atoms with Gasteiger partial charge in [-0.05, 0) is 49.9 Å². The highest BCUT2D eigenvalue weighted by Crippen LogP contribution is 2.29. The third kappa shape index (κ3) is 3.16. The molecule has 0 saturated heterocycles. The summed E-state index contributed by atoms with van der Waals surface area (Å²) >= 11 is 1.20. The van der Waals surface area contributed by atoms with Gasteiger partial charge in [0.05, 0.1) is 16.0 Å². The van der Waals surface area contributed by atoms with Crippen molar-refractivity contribution in [3.8, 4) is 0 Å². The largest absolute Gasteiger partial charge is 0.319 e. The van der Waals surface area contributed by atoms with Crippen LogP contribution in [0, 0.1) is 19.7 Å². The van der Waals surface area contributed by atoms with Gasteiger partial charge in [-0.1, -0.05) is 12.5 Å². The summed E-state index contributed by atoms with van der Waals surface area (Å²) < 4.78 is 15.7. The fourth-order valence-corrected chi connectivity index (χ4v) is 4.63. The van der Waals surface area contributed by atoms with Crippen LogP contribution in [0.5, 0.6) is 0 Å². The standard InChI is InChI=1S/C20H20FN3O2S/c1-11-7-8-13(21)14(10-11)22-18(25)17-12(2)16-19(27-17)23-15-6-4-3-5-9-24(15)20(16)26/h7-8,10H,3-6,9H2,1-2H3,(H,22,25). The minimum absolute atomic E-state index is 0.0774. The van der Waals surface area contributed by atoms with E-state index in [1.807, 2.05) is 6.92 Å². The van der Waals surface area contributed by atoms with E-state index in [1.165, 1.54) is 17.4 Å². The molecule has 1 N–H and O–H groups in total. The number of anilines is 1. The lowest BCUT2D eigenvalue weighted by molar-refractivity contribution is 0.102. The Balaban J connectivity index is 1.77. The number of nitrogens with one attached hydrogen (secondary N) is 1. The summed E-state index contributed by atoms with van der Waals surface area (Å²) in [7, 11) is 0. The number of benzene rings is 1. The number of carbonyl (C=O) groups is 1. The molecule has 0 bridgehead atoms. The molecule has 1 aromatic carbocycles. The van der Waals surface area contributed by atoms with Gasteiger partial charge in [0.25, 0.3) is 11.5 Å². The number of nitrogens with zero attached hydrogens (tertiary/aromatic N) is 2. The van der Waals surface area contributed by atoms with Crippen molar-refractivity contribution in [1.29, 1.82) is 0 Å². The fraction of sp³-hybridized carbons (Fsp3) is 0.350. The smallest absolute Gasteiger partial charge is 0.266 e. The molecule has 0 aliphatic carbocycles. The Morgan fingerprint density at radius 1 is 1.26 bits per heavy atom. The zero-order valence-corrected chi connectivity index (χ0v) is 16.1. The van der Waals surface area contributed by atoms with E-state index in [1.54, 1.807) is 23.6 Å². The zero-order valence-electron chi connectivity index (χ0n) is 15.3. The third-order valence-electron chi connectivity index (χ3n) is 4.99. The molecule has 1 aliphatic heterocycles. The quantitative estimate of drug-likeness (QED) is 0.719. The summed E-state index contributed by atoms with van der Waals surface area (Å²) in [6.07, 6.45) is 3.84. The second-order valence-corrected chi connectivity index (χ2v) is 7.97. The SMILES string of the molecule is Cc1ccc(F)c(NC(=O)c2sc3nc4n(c(=O)c3c2C)CCCCC4)c1. The molecule has 5 nitrogen and oxygen atoms in total. The van der Waals surface area contributed by atoms with Crippen molar-refractivity contribution in [2.24, 2.45) is 0 Å². The Hall–Kier alpha value is -2.54. The Kier molecular flexibility index (Phi) is 4.55. The number of aryl methyl sites for hydroxylation is 3. The lowest BCUT2D eigenvalue weighted by Gasteiger charge is -2.08. The van der Waals surface area contributed by atoms with Crippen LogP contribution in [-0.2, 0) is 13.0 Å². The third-order valence-corrected chi connectivity index (χ3v) is 6.17. The van der Waals surface area contributed by atoms with Gasteiger partial charge in [0.15, 0.2) is 0 Å². The molecular formula is C20H20FN3O2S. The molecule has 2 aromatic heterocycles. The first-order chi connectivity index (χ1) is 13.0. The van der Waals surface area contributed by atoms with E-state index in [4.69, 9.17) is 0 Å². The van der Waals surface area contributed by atoms with Crippen LogP contribution in [0.4, 0.5) is 10.1 Å². The molecule has 4 rings (SSSR count). The van der Waals surface area contributed by atoms with Crippen molar-refractivity contribution >= 4 is 33.1 Å². The number of halogens is 1. The zero-order chi connectivity index (χ0) is 19.1. The van der Waals surface area contributed by atoms with Gasteiger partial charge in [-0.25, -0.2) is 9.37 Å². The van der Waals surface area contributed by atoms with Crippen LogP contribution in [0.2, 0.25) is 0 Å². The van der Waals surface area contributed by atoms with Gasteiger partial charge in [0.2, 0.25) is 0 Å². The second-order valence-electron chi connectivity index (χ2n) is 6.97. The second kappa shape index (κ2) is 6.88. The molecular weight excluding hydrogens is 365 g/mol. The van der Waals surface area contributed by atoms with Crippen molar-refractivity contribution < 1.29 is 9.18 Å². The summed E-state index contributed by atoms with van der Waals surface area (Å²) in [4.78, 5) is 31.4.